The molecule has 0 spiro atoms. The SMILES string of the molecule is CCc1nc(C2CCC2)c(CC(=O)O)c(=O)[nH]1. The molecule has 1 aliphatic carbocycles. The Hall–Kier alpha value is -1.65. The quantitative estimate of drug-likeness (QED) is 0.823. The predicted octanol–water partition coefficient (Wildman–Crippen LogP) is 1.23. The predicted molar refractivity (Wildman–Crippen MR) is 62.2 cm³/mol. The smallest absolute Gasteiger partial charge is 0.308 e. The first-order valence-corrected chi connectivity index (χ1v) is 5.95. The van der Waals surface area contributed by atoms with Gasteiger partial charge in [0.25, 0.3) is 5.56 Å². The average molecular weight is 236 g/mol. The number of nitrogens with zero attached hydrogens (tertiary/aromatic N) is 1. The number of aryl methyl sites for hydroxylation is 1. The highest BCUT2D eigenvalue weighted by Crippen LogP contribution is 2.36. The van der Waals surface area contributed by atoms with Crippen molar-refractivity contribution in [1.29, 1.82) is 0 Å². The monoisotopic (exact) mass is 236 g/mol. The number of carboxylic acid groups (broad SMARTS) is 1. The lowest BCUT2D eigenvalue weighted by molar-refractivity contribution is -0.136. The van der Waals surface area contributed by atoms with Crippen LogP contribution in [0.15, 0.2) is 4.79 Å². The summed E-state index contributed by atoms with van der Waals surface area (Å²) in [5, 5.41) is 8.83. The molecule has 0 radical (unpaired) electrons. The van der Waals surface area contributed by atoms with Crippen molar-refractivity contribution in [2.45, 2.75) is 44.9 Å². The van der Waals surface area contributed by atoms with Crippen molar-refractivity contribution in [3.8, 4) is 0 Å². The largest absolute Gasteiger partial charge is 0.481 e. The molecule has 1 heterocycles. The Bertz CT molecular complexity index is 489. The van der Waals surface area contributed by atoms with Gasteiger partial charge in [0.05, 0.1) is 17.7 Å². The third kappa shape index (κ3) is 2.38. The van der Waals surface area contributed by atoms with E-state index in [-0.39, 0.29) is 17.9 Å². The van der Waals surface area contributed by atoms with Gasteiger partial charge in [0.2, 0.25) is 0 Å². The topological polar surface area (TPSA) is 83.0 Å². The molecule has 1 aromatic rings. The van der Waals surface area contributed by atoms with E-state index in [0.717, 1.165) is 19.3 Å². The van der Waals surface area contributed by atoms with Crippen molar-refractivity contribution in [2.24, 2.45) is 0 Å². The lowest BCUT2D eigenvalue weighted by Crippen LogP contribution is -2.26. The van der Waals surface area contributed by atoms with Gasteiger partial charge in [0, 0.05) is 12.3 Å². The van der Waals surface area contributed by atoms with Crippen LogP contribution >= 0.6 is 0 Å². The highest BCUT2D eigenvalue weighted by molar-refractivity contribution is 5.70. The Morgan fingerprint density at radius 2 is 2.24 bits per heavy atom. The van der Waals surface area contributed by atoms with E-state index in [0.29, 0.717) is 23.5 Å². The molecule has 5 nitrogen and oxygen atoms in total. The zero-order chi connectivity index (χ0) is 12.4. The maximum absolute atomic E-state index is 11.8. The van der Waals surface area contributed by atoms with Crippen molar-refractivity contribution in [1.82, 2.24) is 9.97 Å². The van der Waals surface area contributed by atoms with E-state index in [4.69, 9.17) is 5.11 Å². The van der Waals surface area contributed by atoms with Gasteiger partial charge in [-0.25, -0.2) is 4.98 Å². The van der Waals surface area contributed by atoms with Gasteiger partial charge in [-0.3, -0.25) is 9.59 Å². The summed E-state index contributed by atoms with van der Waals surface area (Å²) < 4.78 is 0. The molecular formula is C12H16N2O3. The zero-order valence-corrected chi connectivity index (χ0v) is 9.82. The Morgan fingerprint density at radius 3 is 2.71 bits per heavy atom. The fourth-order valence-corrected chi connectivity index (χ4v) is 2.07. The van der Waals surface area contributed by atoms with E-state index in [1.807, 2.05) is 6.92 Å². The Morgan fingerprint density at radius 1 is 1.53 bits per heavy atom. The number of carbonyl (C=O) groups is 1. The highest BCUT2D eigenvalue weighted by Gasteiger charge is 2.26. The van der Waals surface area contributed by atoms with Crippen LogP contribution in [-0.2, 0) is 17.6 Å². The first kappa shape index (κ1) is 11.8. The molecule has 92 valence electrons. The van der Waals surface area contributed by atoms with E-state index in [2.05, 4.69) is 9.97 Å². The van der Waals surface area contributed by atoms with Crippen LogP contribution in [0.5, 0.6) is 0 Å². The van der Waals surface area contributed by atoms with Gasteiger partial charge in [0.1, 0.15) is 5.82 Å². The number of rotatable bonds is 4. The van der Waals surface area contributed by atoms with E-state index in [1.165, 1.54) is 0 Å². The van der Waals surface area contributed by atoms with Crippen molar-refractivity contribution in [2.75, 3.05) is 0 Å². The maximum atomic E-state index is 11.8. The number of hydrogen-bond acceptors (Lipinski definition) is 3. The molecule has 0 saturated heterocycles. The number of aliphatic carboxylic acids is 1. The average Bonchev–Trinajstić information content (AvgIpc) is 2.19. The Labute approximate surface area is 98.9 Å². The molecule has 1 aliphatic rings. The van der Waals surface area contributed by atoms with Crippen LogP contribution in [0.2, 0.25) is 0 Å². The first-order valence-electron chi connectivity index (χ1n) is 5.95. The fraction of sp³-hybridized carbons (Fsp3) is 0.583. The van der Waals surface area contributed by atoms with E-state index in [1.54, 1.807) is 0 Å². The van der Waals surface area contributed by atoms with Crippen molar-refractivity contribution >= 4 is 5.97 Å². The second kappa shape index (κ2) is 4.69. The maximum Gasteiger partial charge on any atom is 0.308 e. The standard InChI is InChI=1S/C12H16N2O3/c1-2-9-13-11(7-4-3-5-7)8(6-10(15)16)12(17)14-9/h7H,2-6H2,1H3,(H,15,16)(H,13,14,17). The number of nitrogens with one attached hydrogen (secondary N) is 1. The lowest BCUT2D eigenvalue weighted by atomic mass is 9.81. The number of aromatic amines is 1. The summed E-state index contributed by atoms with van der Waals surface area (Å²) in [6.45, 7) is 1.92. The third-order valence-electron chi connectivity index (χ3n) is 3.25. The van der Waals surface area contributed by atoms with Crippen molar-refractivity contribution in [3.05, 3.63) is 27.4 Å². The molecule has 1 aromatic heterocycles. The summed E-state index contributed by atoms with van der Waals surface area (Å²) >= 11 is 0. The fourth-order valence-electron chi connectivity index (χ4n) is 2.07. The number of aromatic nitrogens is 2. The Kier molecular flexibility index (Phi) is 3.26. The van der Waals surface area contributed by atoms with Crippen LogP contribution in [0, 0.1) is 0 Å². The molecular weight excluding hydrogens is 220 g/mol. The molecule has 0 amide bonds. The molecule has 0 aliphatic heterocycles. The minimum Gasteiger partial charge on any atom is -0.481 e. The summed E-state index contributed by atoms with van der Waals surface area (Å²) in [4.78, 5) is 29.7. The van der Waals surface area contributed by atoms with Gasteiger partial charge in [-0.2, -0.15) is 0 Å². The minimum atomic E-state index is -0.984. The molecule has 2 N–H and O–H groups in total. The Balaban J connectivity index is 2.46. The van der Waals surface area contributed by atoms with E-state index < -0.39 is 5.97 Å². The van der Waals surface area contributed by atoms with Crippen LogP contribution in [0.25, 0.3) is 0 Å². The number of hydrogen-bond donors (Lipinski definition) is 2. The summed E-state index contributed by atoms with van der Waals surface area (Å²) in [5.74, 6) is -0.0647. The number of H-pyrrole nitrogens is 1. The second-order valence-corrected chi connectivity index (χ2v) is 4.43. The normalized spacial score (nSPS) is 15.6. The van der Waals surface area contributed by atoms with Gasteiger partial charge >= 0.3 is 5.97 Å². The van der Waals surface area contributed by atoms with Crippen LogP contribution in [0.4, 0.5) is 0 Å². The van der Waals surface area contributed by atoms with Crippen molar-refractivity contribution < 1.29 is 9.90 Å². The molecule has 0 unspecified atom stereocenters. The summed E-state index contributed by atoms with van der Waals surface area (Å²) in [7, 11) is 0. The summed E-state index contributed by atoms with van der Waals surface area (Å²) in [6.07, 6.45) is 3.56. The van der Waals surface area contributed by atoms with Gasteiger partial charge in [-0.05, 0) is 12.8 Å². The van der Waals surface area contributed by atoms with Crippen LogP contribution in [0.1, 0.15) is 49.2 Å². The summed E-state index contributed by atoms with van der Waals surface area (Å²) in [5.41, 5.74) is 0.750. The third-order valence-corrected chi connectivity index (χ3v) is 3.25. The van der Waals surface area contributed by atoms with E-state index in [9.17, 15) is 9.59 Å². The number of carboxylic acids is 1. The van der Waals surface area contributed by atoms with Gasteiger partial charge in [-0.1, -0.05) is 13.3 Å². The molecule has 1 saturated carbocycles. The molecule has 0 aromatic carbocycles. The van der Waals surface area contributed by atoms with Crippen molar-refractivity contribution in [3.63, 3.8) is 0 Å². The van der Waals surface area contributed by atoms with Gasteiger partial charge in [0.15, 0.2) is 0 Å². The van der Waals surface area contributed by atoms with Gasteiger partial charge < -0.3 is 10.1 Å². The molecule has 0 bridgehead atoms. The van der Waals surface area contributed by atoms with Crippen LogP contribution in [0.3, 0.4) is 0 Å². The van der Waals surface area contributed by atoms with E-state index >= 15 is 0 Å². The molecule has 5 heteroatoms. The van der Waals surface area contributed by atoms with Gasteiger partial charge in [-0.15, -0.1) is 0 Å². The minimum absolute atomic E-state index is 0.238. The summed E-state index contributed by atoms with van der Waals surface area (Å²) in [6, 6.07) is 0. The highest BCUT2D eigenvalue weighted by atomic mass is 16.4. The molecule has 2 rings (SSSR count). The lowest BCUT2D eigenvalue weighted by Gasteiger charge is -2.26. The molecule has 0 atom stereocenters. The van der Waals surface area contributed by atoms with Crippen LogP contribution < -0.4 is 5.56 Å². The molecule has 1 fully saturated rings. The first-order chi connectivity index (χ1) is 8.11. The van der Waals surface area contributed by atoms with Crippen LogP contribution in [-0.4, -0.2) is 21.0 Å². The second-order valence-electron chi connectivity index (χ2n) is 4.43. The zero-order valence-electron chi connectivity index (χ0n) is 9.82. The molecule has 17 heavy (non-hydrogen) atoms.